The third-order valence-electron chi connectivity index (χ3n) is 4.23. The van der Waals surface area contributed by atoms with E-state index in [1.807, 2.05) is 12.1 Å². The Balaban J connectivity index is 1.56. The number of rotatable bonds is 7. The second-order valence-corrected chi connectivity index (χ2v) is 6.91. The van der Waals surface area contributed by atoms with Crippen molar-refractivity contribution in [2.75, 3.05) is 30.5 Å². The van der Waals surface area contributed by atoms with E-state index in [0.717, 1.165) is 6.42 Å². The Kier molecular flexibility index (Phi) is 7.32. The van der Waals surface area contributed by atoms with Crippen molar-refractivity contribution in [2.24, 2.45) is 0 Å². The Labute approximate surface area is 174 Å². The average Bonchev–Trinajstić information content (AvgIpc) is 3.17. The standard InChI is InChI=1S/C21H23ClN2O5/c1-2-28-20(25)10-14-6-7-16(12-19(14)22)24-21(26)23-15-4-3-5-17(11-15)29-18-8-9-27-13-18/h3-7,11-12,18H,2,8-10,13H2,1H3,(H2,23,24,26). The minimum atomic E-state index is -0.416. The van der Waals surface area contributed by atoms with Gasteiger partial charge in [-0.2, -0.15) is 0 Å². The highest BCUT2D eigenvalue weighted by molar-refractivity contribution is 6.31. The lowest BCUT2D eigenvalue weighted by Gasteiger charge is -2.13. The van der Waals surface area contributed by atoms with E-state index >= 15 is 0 Å². The maximum absolute atomic E-state index is 12.3. The molecule has 1 fully saturated rings. The molecule has 0 aliphatic carbocycles. The number of hydrogen-bond donors (Lipinski definition) is 2. The molecule has 2 N–H and O–H groups in total. The molecule has 2 aromatic rings. The van der Waals surface area contributed by atoms with Gasteiger partial charge in [0.25, 0.3) is 0 Å². The predicted molar refractivity (Wildman–Crippen MR) is 111 cm³/mol. The second-order valence-electron chi connectivity index (χ2n) is 6.50. The smallest absolute Gasteiger partial charge is 0.323 e. The molecule has 8 heteroatoms. The summed E-state index contributed by atoms with van der Waals surface area (Å²) in [4.78, 5) is 23.9. The van der Waals surface area contributed by atoms with Crippen LogP contribution in [0.3, 0.4) is 0 Å². The first-order valence-electron chi connectivity index (χ1n) is 9.40. The quantitative estimate of drug-likeness (QED) is 0.656. The highest BCUT2D eigenvalue weighted by Gasteiger charge is 2.17. The summed E-state index contributed by atoms with van der Waals surface area (Å²) in [5.41, 5.74) is 1.75. The Bertz CT molecular complexity index is 868. The predicted octanol–water partition coefficient (Wildman–Crippen LogP) is 4.26. The van der Waals surface area contributed by atoms with Gasteiger partial charge in [0.15, 0.2) is 0 Å². The number of nitrogens with one attached hydrogen (secondary N) is 2. The fourth-order valence-electron chi connectivity index (χ4n) is 2.87. The zero-order valence-corrected chi connectivity index (χ0v) is 16.8. The van der Waals surface area contributed by atoms with Crippen molar-refractivity contribution in [1.29, 1.82) is 0 Å². The Morgan fingerprint density at radius 1 is 1.17 bits per heavy atom. The van der Waals surface area contributed by atoms with Crippen LogP contribution in [-0.2, 0) is 20.7 Å². The molecule has 1 atom stereocenters. The number of urea groups is 1. The summed E-state index contributed by atoms with van der Waals surface area (Å²) < 4.78 is 16.1. The van der Waals surface area contributed by atoms with Crippen molar-refractivity contribution in [3.05, 3.63) is 53.1 Å². The number of anilines is 2. The van der Waals surface area contributed by atoms with Gasteiger partial charge >= 0.3 is 12.0 Å². The number of ether oxygens (including phenoxy) is 3. The van der Waals surface area contributed by atoms with Crippen LogP contribution in [0.5, 0.6) is 5.75 Å². The lowest BCUT2D eigenvalue weighted by atomic mass is 10.1. The Hall–Kier alpha value is -2.77. The van der Waals surface area contributed by atoms with Crippen LogP contribution in [0.4, 0.5) is 16.2 Å². The zero-order chi connectivity index (χ0) is 20.6. The first-order chi connectivity index (χ1) is 14.0. The van der Waals surface area contributed by atoms with Gasteiger partial charge in [0, 0.05) is 28.9 Å². The molecule has 1 saturated heterocycles. The molecular weight excluding hydrogens is 396 g/mol. The van der Waals surface area contributed by atoms with Crippen molar-refractivity contribution in [2.45, 2.75) is 25.9 Å². The van der Waals surface area contributed by atoms with Crippen molar-refractivity contribution in [1.82, 2.24) is 0 Å². The fourth-order valence-corrected chi connectivity index (χ4v) is 3.12. The summed E-state index contributed by atoms with van der Waals surface area (Å²) in [5.74, 6) is 0.323. The van der Waals surface area contributed by atoms with Crippen LogP contribution in [-0.4, -0.2) is 37.9 Å². The third kappa shape index (κ3) is 6.37. The first-order valence-corrected chi connectivity index (χ1v) is 9.78. The van der Waals surface area contributed by atoms with Crippen molar-refractivity contribution < 1.29 is 23.8 Å². The summed E-state index contributed by atoms with van der Waals surface area (Å²) in [6, 6.07) is 11.7. The number of carbonyl (C=O) groups is 2. The van der Waals surface area contributed by atoms with Crippen molar-refractivity contribution in [3.8, 4) is 5.75 Å². The molecular formula is C21H23ClN2O5. The van der Waals surface area contributed by atoms with E-state index < -0.39 is 6.03 Å². The molecule has 2 amide bonds. The molecule has 3 rings (SSSR count). The Morgan fingerprint density at radius 2 is 1.97 bits per heavy atom. The number of halogens is 1. The van der Waals surface area contributed by atoms with Crippen LogP contribution in [0.15, 0.2) is 42.5 Å². The molecule has 7 nitrogen and oxygen atoms in total. The number of hydrogen-bond acceptors (Lipinski definition) is 5. The SMILES string of the molecule is CCOC(=O)Cc1ccc(NC(=O)Nc2cccc(OC3CCOC3)c2)cc1Cl. The molecule has 29 heavy (non-hydrogen) atoms. The molecule has 0 radical (unpaired) electrons. The topological polar surface area (TPSA) is 85.9 Å². The van der Waals surface area contributed by atoms with E-state index in [2.05, 4.69) is 10.6 Å². The fraction of sp³-hybridized carbons (Fsp3) is 0.333. The average molecular weight is 419 g/mol. The van der Waals surface area contributed by atoms with Gasteiger partial charge < -0.3 is 24.8 Å². The summed E-state index contributed by atoms with van der Waals surface area (Å²) in [6.45, 7) is 3.34. The number of esters is 1. The summed E-state index contributed by atoms with van der Waals surface area (Å²) in [7, 11) is 0. The molecule has 2 aromatic carbocycles. The molecule has 154 valence electrons. The molecule has 0 bridgehead atoms. The minimum Gasteiger partial charge on any atom is -0.488 e. The van der Waals surface area contributed by atoms with Gasteiger partial charge in [-0.1, -0.05) is 23.7 Å². The third-order valence-corrected chi connectivity index (χ3v) is 4.59. The van der Waals surface area contributed by atoms with E-state index in [1.165, 1.54) is 0 Å². The second kappa shape index (κ2) is 10.1. The largest absolute Gasteiger partial charge is 0.488 e. The lowest BCUT2D eigenvalue weighted by molar-refractivity contribution is -0.142. The van der Waals surface area contributed by atoms with E-state index in [1.54, 1.807) is 37.3 Å². The van der Waals surface area contributed by atoms with Gasteiger partial charge in [-0.15, -0.1) is 0 Å². The maximum atomic E-state index is 12.3. The van der Waals surface area contributed by atoms with Crippen LogP contribution in [0.25, 0.3) is 0 Å². The summed E-state index contributed by atoms with van der Waals surface area (Å²) >= 11 is 6.21. The first kappa shape index (κ1) is 21.0. The van der Waals surface area contributed by atoms with Gasteiger partial charge in [0.1, 0.15) is 11.9 Å². The van der Waals surface area contributed by atoms with Crippen LogP contribution in [0, 0.1) is 0 Å². The van der Waals surface area contributed by atoms with E-state index in [4.69, 9.17) is 25.8 Å². The van der Waals surface area contributed by atoms with Crippen LogP contribution < -0.4 is 15.4 Å². The van der Waals surface area contributed by atoms with Crippen LogP contribution in [0.1, 0.15) is 18.9 Å². The number of benzene rings is 2. The molecule has 0 spiro atoms. The Morgan fingerprint density at radius 3 is 2.66 bits per heavy atom. The molecule has 0 aromatic heterocycles. The summed E-state index contributed by atoms with van der Waals surface area (Å²) in [6.07, 6.45) is 0.970. The van der Waals surface area contributed by atoms with Crippen molar-refractivity contribution >= 4 is 35.0 Å². The monoisotopic (exact) mass is 418 g/mol. The normalized spacial score (nSPS) is 15.6. The summed E-state index contributed by atoms with van der Waals surface area (Å²) in [5, 5.41) is 5.86. The highest BCUT2D eigenvalue weighted by atomic mass is 35.5. The minimum absolute atomic E-state index is 0.0364. The number of carbonyl (C=O) groups excluding carboxylic acids is 2. The molecule has 1 aliphatic heterocycles. The molecule has 1 unspecified atom stereocenters. The molecule has 0 saturated carbocycles. The van der Waals surface area contributed by atoms with Gasteiger partial charge in [0.05, 0.1) is 26.2 Å². The van der Waals surface area contributed by atoms with E-state index in [9.17, 15) is 9.59 Å². The van der Waals surface area contributed by atoms with Crippen LogP contribution in [0.2, 0.25) is 5.02 Å². The van der Waals surface area contributed by atoms with E-state index in [-0.39, 0.29) is 18.5 Å². The van der Waals surface area contributed by atoms with Gasteiger partial charge in [-0.3, -0.25) is 4.79 Å². The molecule has 1 heterocycles. The zero-order valence-electron chi connectivity index (χ0n) is 16.1. The van der Waals surface area contributed by atoms with Crippen LogP contribution >= 0.6 is 11.6 Å². The maximum Gasteiger partial charge on any atom is 0.323 e. The highest BCUT2D eigenvalue weighted by Crippen LogP contribution is 2.23. The van der Waals surface area contributed by atoms with Gasteiger partial charge in [-0.05, 0) is 36.8 Å². The number of amides is 2. The molecule has 1 aliphatic rings. The van der Waals surface area contributed by atoms with Crippen molar-refractivity contribution in [3.63, 3.8) is 0 Å². The van der Waals surface area contributed by atoms with Gasteiger partial charge in [-0.25, -0.2) is 4.79 Å². The lowest BCUT2D eigenvalue weighted by Crippen LogP contribution is -2.20. The van der Waals surface area contributed by atoms with Gasteiger partial charge in [0.2, 0.25) is 0 Å². The van der Waals surface area contributed by atoms with E-state index in [0.29, 0.717) is 47.5 Å².